The Morgan fingerprint density at radius 1 is 1.16 bits per heavy atom. The molecule has 0 aliphatic carbocycles. The molecule has 1 saturated heterocycles. The van der Waals surface area contributed by atoms with Gasteiger partial charge in [0.15, 0.2) is 11.5 Å². The van der Waals surface area contributed by atoms with E-state index in [1.807, 2.05) is 6.07 Å². The number of benzene rings is 2. The van der Waals surface area contributed by atoms with Crippen molar-refractivity contribution in [3.8, 4) is 11.5 Å². The molecule has 0 radical (unpaired) electrons. The van der Waals surface area contributed by atoms with Gasteiger partial charge in [0.2, 0.25) is 12.7 Å². The van der Waals surface area contributed by atoms with Crippen molar-refractivity contribution in [1.29, 1.82) is 0 Å². The van der Waals surface area contributed by atoms with E-state index in [4.69, 9.17) is 21.1 Å². The zero-order valence-corrected chi connectivity index (χ0v) is 17.4. The molecule has 0 bridgehead atoms. The highest BCUT2D eigenvalue weighted by atomic mass is 35.5. The highest BCUT2D eigenvalue weighted by Crippen LogP contribution is 2.36. The number of nitrogens with zero attached hydrogens (tertiary/aromatic N) is 1. The minimum absolute atomic E-state index is 0.0123. The zero-order valence-electron chi connectivity index (χ0n) is 16.7. The van der Waals surface area contributed by atoms with Gasteiger partial charge in [-0.15, -0.1) is 0 Å². The fourth-order valence-corrected chi connectivity index (χ4v) is 4.16. The Labute approximate surface area is 183 Å². The molecule has 1 amide bonds. The van der Waals surface area contributed by atoms with Crippen molar-refractivity contribution >= 4 is 17.5 Å². The first-order valence-electron chi connectivity index (χ1n) is 10.1. The SMILES string of the molecule is O=C1CCC(CCNCc2cc3c(cc2Cl)OCO3)N1Cc1cccc(C(F)(F)F)c1. The summed E-state index contributed by atoms with van der Waals surface area (Å²) in [6, 6.07) is 8.72. The summed E-state index contributed by atoms with van der Waals surface area (Å²) >= 11 is 6.28. The van der Waals surface area contributed by atoms with Crippen molar-refractivity contribution in [3.05, 3.63) is 58.1 Å². The Balaban J connectivity index is 1.32. The summed E-state index contributed by atoms with van der Waals surface area (Å²) in [6.45, 7) is 1.53. The molecular weight excluding hydrogens is 433 g/mol. The van der Waals surface area contributed by atoms with E-state index in [-0.39, 0.29) is 25.3 Å². The maximum Gasteiger partial charge on any atom is 0.416 e. The first kappa shape index (κ1) is 21.8. The number of carbonyl (C=O) groups excluding carboxylic acids is 1. The molecule has 1 fully saturated rings. The van der Waals surface area contributed by atoms with E-state index in [9.17, 15) is 18.0 Å². The Kier molecular flexibility index (Phi) is 6.29. The molecule has 9 heteroatoms. The van der Waals surface area contributed by atoms with Crippen LogP contribution in [0, 0.1) is 0 Å². The van der Waals surface area contributed by atoms with Crippen LogP contribution in [0.2, 0.25) is 5.02 Å². The van der Waals surface area contributed by atoms with Crippen LogP contribution in [-0.4, -0.2) is 30.2 Å². The van der Waals surface area contributed by atoms with Crippen LogP contribution in [0.25, 0.3) is 0 Å². The average Bonchev–Trinajstić information content (AvgIpc) is 3.31. The number of alkyl halides is 3. The van der Waals surface area contributed by atoms with Gasteiger partial charge >= 0.3 is 6.18 Å². The molecule has 1 N–H and O–H groups in total. The second-order valence-corrected chi connectivity index (χ2v) is 8.08. The highest BCUT2D eigenvalue weighted by molar-refractivity contribution is 6.31. The van der Waals surface area contributed by atoms with Gasteiger partial charge in [-0.3, -0.25) is 4.79 Å². The number of nitrogens with one attached hydrogen (secondary N) is 1. The van der Waals surface area contributed by atoms with Gasteiger partial charge in [0.05, 0.1) is 5.56 Å². The number of hydrogen-bond acceptors (Lipinski definition) is 4. The van der Waals surface area contributed by atoms with Gasteiger partial charge < -0.3 is 19.7 Å². The van der Waals surface area contributed by atoms with Crippen molar-refractivity contribution in [2.45, 2.75) is 44.6 Å². The number of fused-ring (bicyclic) bond motifs is 1. The topological polar surface area (TPSA) is 50.8 Å². The van der Waals surface area contributed by atoms with Crippen molar-refractivity contribution < 1.29 is 27.4 Å². The molecule has 0 spiro atoms. The molecule has 166 valence electrons. The van der Waals surface area contributed by atoms with Gasteiger partial charge in [-0.2, -0.15) is 13.2 Å². The number of ether oxygens (including phenoxy) is 2. The van der Waals surface area contributed by atoms with Crippen molar-refractivity contribution in [2.24, 2.45) is 0 Å². The van der Waals surface area contributed by atoms with Gasteiger partial charge in [0, 0.05) is 36.6 Å². The summed E-state index contributed by atoms with van der Waals surface area (Å²) in [6.07, 6.45) is -2.58. The molecule has 2 aromatic carbocycles. The maximum absolute atomic E-state index is 13.0. The minimum atomic E-state index is -4.40. The second kappa shape index (κ2) is 8.96. The molecule has 0 aromatic heterocycles. The molecule has 0 saturated carbocycles. The molecule has 2 aromatic rings. The number of rotatable bonds is 7. The normalized spacial score (nSPS) is 18.1. The molecule has 2 heterocycles. The highest BCUT2D eigenvalue weighted by Gasteiger charge is 2.33. The Hall–Kier alpha value is -2.45. The third-order valence-corrected chi connectivity index (χ3v) is 5.92. The summed E-state index contributed by atoms with van der Waals surface area (Å²) in [5.74, 6) is 1.26. The summed E-state index contributed by atoms with van der Waals surface area (Å²) in [4.78, 5) is 14.0. The summed E-state index contributed by atoms with van der Waals surface area (Å²) in [7, 11) is 0. The van der Waals surface area contributed by atoms with Gasteiger partial charge in [-0.05, 0) is 48.7 Å². The van der Waals surface area contributed by atoms with Crippen LogP contribution in [0.3, 0.4) is 0 Å². The summed E-state index contributed by atoms with van der Waals surface area (Å²) in [5.41, 5.74) is 0.667. The van der Waals surface area contributed by atoms with E-state index in [1.165, 1.54) is 6.07 Å². The molecule has 5 nitrogen and oxygen atoms in total. The predicted octanol–water partition coefficient (Wildman–Crippen LogP) is 4.76. The fraction of sp³-hybridized carbons (Fsp3) is 0.409. The lowest BCUT2D eigenvalue weighted by molar-refractivity contribution is -0.137. The molecule has 31 heavy (non-hydrogen) atoms. The van der Waals surface area contributed by atoms with Gasteiger partial charge in [-0.1, -0.05) is 23.7 Å². The zero-order chi connectivity index (χ0) is 22.0. The average molecular weight is 455 g/mol. The van der Waals surface area contributed by atoms with E-state index in [2.05, 4.69) is 5.32 Å². The molecular formula is C22H22ClF3N2O3. The number of halogens is 4. The van der Waals surface area contributed by atoms with Crippen LogP contribution >= 0.6 is 11.6 Å². The van der Waals surface area contributed by atoms with E-state index in [0.717, 1.165) is 17.7 Å². The third kappa shape index (κ3) is 5.07. The van der Waals surface area contributed by atoms with Crippen LogP contribution < -0.4 is 14.8 Å². The van der Waals surface area contributed by atoms with Crippen LogP contribution in [0.15, 0.2) is 36.4 Å². The monoisotopic (exact) mass is 454 g/mol. The number of carbonyl (C=O) groups is 1. The predicted molar refractivity (Wildman–Crippen MR) is 109 cm³/mol. The van der Waals surface area contributed by atoms with E-state index >= 15 is 0 Å². The maximum atomic E-state index is 13.0. The second-order valence-electron chi connectivity index (χ2n) is 7.67. The molecule has 1 unspecified atom stereocenters. The number of hydrogen-bond donors (Lipinski definition) is 1. The smallest absolute Gasteiger partial charge is 0.416 e. The lowest BCUT2D eigenvalue weighted by atomic mass is 10.1. The lowest BCUT2D eigenvalue weighted by Crippen LogP contribution is -2.34. The van der Waals surface area contributed by atoms with Crippen LogP contribution in [-0.2, 0) is 24.1 Å². The Morgan fingerprint density at radius 2 is 1.94 bits per heavy atom. The summed E-state index contributed by atoms with van der Waals surface area (Å²) in [5, 5.41) is 3.90. The molecule has 2 aliphatic heterocycles. The lowest BCUT2D eigenvalue weighted by Gasteiger charge is -2.25. The van der Waals surface area contributed by atoms with Gasteiger partial charge in [-0.25, -0.2) is 0 Å². The first-order chi connectivity index (χ1) is 14.8. The van der Waals surface area contributed by atoms with Crippen molar-refractivity contribution in [2.75, 3.05) is 13.3 Å². The van der Waals surface area contributed by atoms with E-state index in [0.29, 0.717) is 54.4 Å². The number of likely N-dealkylation sites (tertiary alicyclic amines) is 1. The fourth-order valence-electron chi connectivity index (χ4n) is 3.94. The van der Waals surface area contributed by atoms with Crippen LogP contribution in [0.1, 0.15) is 36.0 Å². The molecule has 1 atom stereocenters. The standard InChI is InChI=1S/C22H22ClF3N2O3/c23-18-10-20-19(30-13-31-20)9-15(18)11-27-7-6-17-4-5-21(29)28(17)12-14-2-1-3-16(8-14)22(24,25)26/h1-3,8-10,17,27H,4-7,11-13H2. The quantitative estimate of drug-likeness (QED) is 0.613. The minimum Gasteiger partial charge on any atom is -0.454 e. The third-order valence-electron chi connectivity index (χ3n) is 5.57. The first-order valence-corrected chi connectivity index (χ1v) is 10.4. The van der Waals surface area contributed by atoms with E-state index < -0.39 is 11.7 Å². The van der Waals surface area contributed by atoms with Crippen molar-refractivity contribution in [3.63, 3.8) is 0 Å². The van der Waals surface area contributed by atoms with Crippen molar-refractivity contribution in [1.82, 2.24) is 10.2 Å². The summed E-state index contributed by atoms with van der Waals surface area (Å²) < 4.78 is 49.6. The molecule has 2 aliphatic rings. The largest absolute Gasteiger partial charge is 0.454 e. The van der Waals surface area contributed by atoms with E-state index in [1.54, 1.807) is 17.0 Å². The van der Waals surface area contributed by atoms with Gasteiger partial charge in [0.25, 0.3) is 0 Å². The molecule has 4 rings (SSSR count). The Bertz CT molecular complexity index is 968. The number of amides is 1. The van der Waals surface area contributed by atoms with Crippen LogP contribution in [0.5, 0.6) is 11.5 Å². The van der Waals surface area contributed by atoms with Crippen LogP contribution in [0.4, 0.5) is 13.2 Å². The van der Waals surface area contributed by atoms with Gasteiger partial charge in [0.1, 0.15) is 0 Å². The Morgan fingerprint density at radius 3 is 2.71 bits per heavy atom.